The van der Waals surface area contributed by atoms with Gasteiger partial charge in [0.1, 0.15) is 0 Å². The molecule has 1 heterocycles. The second-order valence-corrected chi connectivity index (χ2v) is 5.19. The van der Waals surface area contributed by atoms with Crippen LogP contribution in [0.15, 0.2) is 18.2 Å². The van der Waals surface area contributed by atoms with Crippen molar-refractivity contribution < 1.29 is 14.5 Å². The van der Waals surface area contributed by atoms with Gasteiger partial charge in [-0.05, 0) is 13.8 Å². The van der Waals surface area contributed by atoms with Gasteiger partial charge in [0.05, 0.1) is 18.1 Å². The van der Waals surface area contributed by atoms with E-state index in [-0.39, 0.29) is 30.0 Å². The molecule has 2 rings (SSSR count). The molecular weight excluding hydrogens is 260 g/mol. The lowest BCUT2D eigenvalue weighted by Crippen LogP contribution is -2.48. The first kappa shape index (κ1) is 14.6. The predicted molar refractivity (Wildman–Crippen MR) is 74.0 cm³/mol. The van der Waals surface area contributed by atoms with Crippen molar-refractivity contribution in [3.63, 3.8) is 0 Å². The third-order valence-electron chi connectivity index (χ3n) is 3.37. The minimum absolute atomic E-state index is 0.0166. The van der Waals surface area contributed by atoms with Gasteiger partial charge in [-0.3, -0.25) is 14.9 Å². The fourth-order valence-electron chi connectivity index (χ4n) is 2.32. The van der Waals surface area contributed by atoms with Gasteiger partial charge in [-0.15, -0.1) is 0 Å². The smallest absolute Gasteiger partial charge is 0.273 e. The molecule has 1 fully saturated rings. The van der Waals surface area contributed by atoms with Gasteiger partial charge in [0.25, 0.3) is 5.69 Å². The van der Waals surface area contributed by atoms with E-state index >= 15 is 0 Å². The summed E-state index contributed by atoms with van der Waals surface area (Å²) in [5.41, 5.74) is 0.915. The van der Waals surface area contributed by atoms with Crippen LogP contribution in [0.2, 0.25) is 0 Å². The molecule has 1 aliphatic rings. The molecule has 0 radical (unpaired) electrons. The van der Waals surface area contributed by atoms with Gasteiger partial charge >= 0.3 is 0 Å². The average molecular weight is 278 g/mol. The number of morpholine rings is 1. The van der Waals surface area contributed by atoms with Crippen molar-refractivity contribution in [2.45, 2.75) is 32.4 Å². The molecule has 0 spiro atoms. The van der Waals surface area contributed by atoms with Crippen molar-refractivity contribution in [3.8, 4) is 0 Å². The average Bonchev–Trinajstić information content (AvgIpc) is 2.38. The predicted octanol–water partition coefficient (Wildman–Crippen LogP) is 1.85. The lowest BCUT2D eigenvalue weighted by molar-refractivity contribution is -0.385. The Morgan fingerprint density at radius 2 is 2.25 bits per heavy atom. The number of ether oxygens (including phenoxy) is 1. The molecule has 1 aromatic rings. The zero-order valence-corrected chi connectivity index (χ0v) is 11.6. The Hall–Kier alpha value is -1.79. The number of nitro benzene ring substituents is 1. The molecule has 1 aromatic carbocycles. The highest BCUT2D eigenvalue weighted by molar-refractivity contribution is 5.97. The summed E-state index contributed by atoms with van der Waals surface area (Å²) in [7, 11) is 0. The lowest BCUT2D eigenvalue weighted by atomic mass is 10.0. The van der Waals surface area contributed by atoms with Crippen molar-refractivity contribution in [2.75, 3.05) is 13.2 Å². The van der Waals surface area contributed by atoms with E-state index in [4.69, 9.17) is 4.74 Å². The number of nitrogens with zero attached hydrogens (tertiary/aromatic N) is 1. The Morgan fingerprint density at radius 3 is 2.90 bits per heavy atom. The Labute approximate surface area is 117 Å². The largest absolute Gasteiger partial charge is 0.378 e. The molecular formula is C14H18N2O4. The molecule has 6 heteroatoms. The third kappa shape index (κ3) is 3.40. The van der Waals surface area contributed by atoms with Crippen LogP contribution in [-0.2, 0) is 4.74 Å². The Bertz CT molecular complexity index is 530. The fourth-order valence-corrected chi connectivity index (χ4v) is 2.32. The van der Waals surface area contributed by atoms with Crippen LogP contribution in [0, 0.1) is 17.0 Å². The molecule has 2 atom stereocenters. The normalized spacial score (nSPS) is 22.5. The number of aryl methyl sites for hydroxylation is 1. The highest BCUT2D eigenvalue weighted by atomic mass is 16.6. The molecule has 108 valence electrons. The van der Waals surface area contributed by atoms with Crippen molar-refractivity contribution in [1.29, 1.82) is 0 Å². The van der Waals surface area contributed by atoms with Crippen LogP contribution in [-0.4, -0.2) is 36.0 Å². The maximum absolute atomic E-state index is 12.2. The summed E-state index contributed by atoms with van der Waals surface area (Å²) in [4.78, 5) is 22.6. The molecule has 0 aliphatic carbocycles. The van der Waals surface area contributed by atoms with Crippen LogP contribution in [0.3, 0.4) is 0 Å². The van der Waals surface area contributed by atoms with E-state index in [0.29, 0.717) is 24.3 Å². The maximum Gasteiger partial charge on any atom is 0.273 e. The Balaban J connectivity index is 2.09. The highest BCUT2D eigenvalue weighted by Crippen LogP contribution is 2.20. The third-order valence-corrected chi connectivity index (χ3v) is 3.37. The zero-order valence-electron chi connectivity index (χ0n) is 11.6. The van der Waals surface area contributed by atoms with Gasteiger partial charge in [0, 0.05) is 35.7 Å². The molecule has 0 aromatic heterocycles. The SMILES string of the molecule is Cc1ccc(C(=O)CC2COCC(C)N2)cc1[N+](=O)[O-]. The highest BCUT2D eigenvalue weighted by Gasteiger charge is 2.22. The van der Waals surface area contributed by atoms with Crippen LogP contribution >= 0.6 is 0 Å². The van der Waals surface area contributed by atoms with Crippen LogP contribution in [0.5, 0.6) is 0 Å². The number of nitrogens with one attached hydrogen (secondary N) is 1. The molecule has 20 heavy (non-hydrogen) atoms. The summed E-state index contributed by atoms with van der Waals surface area (Å²) >= 11 is 0. The first-order chi connectivity index (χ1) is 9.47. The van der Waals surface area contributed by atoms with E-state index in [1.807, 2.05) is 6.92 Å². The van der Waals surface area contributed by atoms with Crippen LogP contribution in [0.25, 0.3) is 0 Å². The van der Waals surface area contributed by atoms with Crippen LogP contribution in [0.4, 0.5) is 5.69 Å². The van der Waals surface area contributed by atoms with Crippen molar-refractivity contribution in [2.24, 2.45) is 0 Å². The van der Waals surface area contributed by atoms with E-state index in [9.17, 15) is 14.9 Å². The van der Waals surface area contributed by atoms with Gasteiger partial charge < -0.3 is 10.1 Å². The van der Waals surface area contributed by atoms with E-state index in [0.717, 1.165) is 0 Å². The Kier molecular flexibility index (Phi) is 4.46. The number of nitro groups is 1. The van der Waals surface area contributed by atoms with Crippen molar-refractivity contribution in [1.82, 2.24) is 5.32 Å². The summed E-state index contributed by atoms with van der Waals surface area (Å²) in [5.74, 6) is -0.108. The number of hydrogen-bond acceptors (Lipinski definition) is 5. The minimum Gasteiger partial charge on any atom is -0.378 e. The summed E-state index contributed by atoms with van der Waals surface area (Å²) < 4.78 is 5.39. The Morgan fingerprint density at radius 1 is 1.50 bits per heavy atom. The number of carbonyl (C=O) groups excluding carboxylic acids is 1. The first-order valence-electron chi connectivity index (χ1n) is 6.59. The summed E-state index contributed by atoms with van der Waals surface area (Å²) in [6.45, 7) is 4.78. The molecule has 0 bridgehead atoms. The molecule has 1 saturated heterocycles. The lowest BCUT2D eigenvalue weighted by Gasteiger charge is -2.28. The minimum atomic E-state index is -0.462. The number of Topliss-reactive ketones (excluding diaryl/α,β-unsaturated/α-hetero) is 1. The molecule has 1 N–H and O–H groups in total. The van der Waals surface area contributed by atoms with E-state index < -0.39 is 4.92 Å². The first-order valence-corrected chi connectivity index (χ1v) is 6.59. The van der Waals surface area contributed by atoms with Crippen molar-refractivity contribution >= 4 is 11.5 Å². The quantitative estimate of drug-likeness (QED) is 0.516. The molecule has 6 nitrogen and oxygen atoms in total. The molecule has 2 unspecified atom stereocenters. The van der Waals surface area contributed by atoms with Gasteiger partial charge in [-0.1, -0.05) is 12.1 Å². The zero-order chi connectivity index (χ0) is 14.7. The fraction of sp³-hybridized carbons (Fsp3) is 0.500. The van der Waals surface area contributed by atoms with E-state index in [1.54, 1.807) is 19.1 Å². The number of benzene rings is 1. The summed E-state index contributed by atoms with van der Waals surface area (Å²) in [6, 6.07) is 4.78. The number of carbonyl (C=O) groups is 1. The van der Waals surface area contributed by atoms with Crippen LogP contribution < -0.4 is 5.32 Å². The number of ketones is 1. The van der Waals surface area contributed by atoms with Gasteiger partial charge in [-0.25, -0.2) is 0 Å². The molecule has 1 aliphatic heterocycles. The van der Waals surface area contributed by atoms with Crippen LogP contribution in [0.1, 0.15) is 29.3 Å². The molecule has 0 saturated carbocycles. The number of rotatable bonds is 4. The van der Waals surface area contributed by atoms with E-state index in [2.05, 4.69) is 5.32 Å². The topological polar surface area (TPSA) is 81.5 Å². The van der Waals surface area contributed by atoms with Gasteiger partial charge in [-0.2, -0.15) is 0 Å². The summed E-state index contributed by atoms with van der Waals surface area (Å²) in [6.07, 6.45) is 0.282. The number of hydrogen-bond donors (Lipinski definition) is 1. The molecule has 0 amide bonds. The van der Waals surface area contributed by atoms with Gasteiger partial charge in [0.2, 0.25) is 0 Å². The maximum atomic E-state index is 12.2. The van der Waals surface area contributed by atoms with Gasteiger partial charge in [0.15, 0.2) is 5.78 Å². The van der Waals surface area contributed by atoms with Crippen molar-refractivity contribution in [3.05, 3.63) is 39.4 Å². The monoisotopic (exact) mass is 278 g/mol. The summed E-state index contributed by atoms with van der Waals surface area (Å²) in [5, 5.41) is 14.2. The second kappa shape index (κ2) is 6.11. The van der Waals surface area contributed by atoms with E-state index in [1.165, 1.54) is 6.07 Å². The standard InChI is InChI=1S/C14H18N2O4/c1-9-3-4-11(5-13(9)16(18)19)14(17)6-12-8-20-7-10(2)15-12/h3-5,10,12,15H,6-8H2,1-2H3. The second-order valence-electron chi connectivity index (χ2n) is 5.19.